The summed E-state index contributed by atoms with van der Waals surface area (Å²) in [6.07, 6.45) is 0. The lowest BCUT2D eigenvalue weighted by atomic mass is 10.4. The predicted octanol–water partition coefficient (Wildman–Crippen LogP) is -0.231. The van der Waals surface area contributed by atoms with Crippen LogP contribution >= 0.6 is 0 Å². The number of H-pyrrole nitrogens is 1. The molecule has 0 aliphatic carbocycles. The highest BCUT2D eigenvalue weighted by atomic mass is 16.5. The van der Waals surface area contributed by atoms with E-state index < -0.39 is 0 Å². The van der Waals surface area contributed by atoms with Gasteiger partial charge in [0.15, 0.2) is 5.82 Å². The Morgan fingerprint density at radius 3 is 2.80 bits per heavy atom. The zero-order valence-electron chi connectivity index (χ0n) is 8.69. The molecule has 6 heteroatoms. The van der Waals surface area contributed by atoms with Crippen molar-refractivity contribution in [2.24, 2.45) is 0 Å². The first-order valence-corrected chi connectivity index (χ1v) is 4.48. The van der Waals surface area contributed by atoms with E-state index in [1.54, 1.807) is 7.11 Å². The highest BCUT2D eigenvalue weighted by Crippen LogP contribution is 2.06. The second kappa shape index (κ2) is 5.26. The van der Waals surface area contributed by atoms with Gasteiger partial charge in [-0.05, 0) is 6.07 Å². The van der Waals surface area contributed by atoms with Crippen LogP contribution in [0.15, 0.2) is 16.9 Å². The zero-order valence-corrected chi connectivity index (χ0v) is 8.69. The van der Waals surface area contributed by atoms with Crippen molar-refractivity contribution in [2.45, 2.75) is 6.92 Å². The van der Waals surface area contributed by atoms with Crippen LogP contribution in [0.25, 0.3) is 0 Å². The van der Waals surface area contributed by atoms with Crippen molar-refractivity contribution in [3.8, 4) is 0 Å². The van der Waals surface area contributed by atoms with Crippen molar-refractivity contribution < 1.29 is 9.53 Å². The average Bonchev–Trinajstić information content (AvgIpc) is 2.21. The Morgan fingerprint density at radius 2 is 2.33 bits per heavy atom. The van der Waals surface area contributed by atoms with Gasteiger partial charge in [0.25, 0.3) is 5.56 Å². The molecule has 0 atom stereocenters. The van der Waals surface area contributed by atoms with E-state index in [0.29, 0.717) is 19.0 Å². The number of hydrogen-bond donors (Lipinski definition) is 1. The molecular weight excluding hydrogens is 198 g/mol. The summed E-state index contributed by atoms with van der Waals surface area (Å²) in [5, 5.41) is 6.04. The monoisotopic (exact) mass is 211 g/mol. The summed E-state index contributed by atoms with van der Waals surface area (Å²) in [4.78, 5) is 23.5. The van der Waals surface area contributed by atoms with Crippen molar-refractivity contribution in [3.63, 3.8) is 0 Å². The molecule has 82 valence electrons. The van der Waals surface area contributed by atoms with Gasteiger partial charge in [-0.25, -0.2) is 5.10 Å². The molecule has 0 aliphatic rings. The van der Waals surface area contributed by atoms with Crippen LogP contribution in [-0.2, 0) is 9.53 Å². The first-order chi connectivity index (χ1) is 7.15. The van der Waals surface area contributed by atoms with Crippen molar-refractivity contribution in [2.75, 3.05) is 25.2 Å². The minimum atomic E-state index is -0.297. The number of ether oxygens (including phenoxy) is 1. The van der Waals surface area contributed by atoms with Gasteiger partial charge in [0.2, 0.25) is 5.91 Å². The molecule has 0 saturated carbocycles. The number of nitrogens with one attached hydrogen (secondary N) is 1. The number of aromatic nitrogens is 2. The van der Waals surface area contributed by atoms with Crippen molar-refractivity contribution in [1.29, 1.82) is 0 Å². The van der Waals surface area contributed by atoms with Crippen LogP contribution in [-0.4, -0.2) is 36.4 Å². The van der Waals surface area contributed by atoms with Gasteiger partial charge in [-0.15, -0.1) is 0 Å². The molecule has 0 aliphatic heterocycles. The Kier molecular flexibility index (Phi) is 3.99. The fourth-order valence-corrected chi connectivity index (χ4v) is 1.10. The second-order valence-electron chi connectivity index (χ2n) is 2.94. The summed E-state index contributed by atoms with van der Waals surface area (Å²) < 4.78 is 4.87. The first-order valence-electron chi connectivity index (χ1n) is 4.48. The summed E-state index contributed by atoms with van der Waals surface area (Å²) >= 11 is 0. The lowest BCUT2D eigenvalue weighted by Gasteiger charge is -2.18. The third-order valence-electron chi connectivity index (χ3n) is 1.84. The van der Waals surface area contributed by atoms with Gasteiger partial charge >= 0.3 is 0 Å². The number of hydrogen-bond acceptors (Lipinski definition) is 4. The average molecular weight is 211 g/mol. The molecule has 0 fully saturated rings. The third kappa shape index (κ3) is 3.17. The lowest BCUT2D eigenvalue weighted by Crippen LogP contribution is -2.33. The van der Waals surface area contributed by atoms with Crippen LogP contribution < -0.4 is 10.5 Å². The molecule has 0 bridgehead atoms. The van der Waals surface area contributed by atoms with Gasteiger partial charge in [0, 0.05) is 20.1 Å². The van der Waals surface area contributed by atoms with Crippen LogP contribution in [0.4, 0.5) is 5.82 Å². The second-order valence-corrected chi connectivity index (χ2v) is 2.94. The van der Waals surface area contributed by atoms with Crippen LogP contribution in [0.1, 0.15) is 6.92 Å². The number of amides is 1. The van der Waals surface area contributed by atoms with E-state index in [2.05, 4.69) is 10.2 Å². The predicted molar refractivity (Wildman–Crippen MR) is 54.8 cm³/mol. The smallest absolute Gasteiger partial charge is 0.264 e. The minimum Gasteiger partial charge on any atom is -0.383 e. The van der Waals surface area contributed by atoms with E-state index in [9.17, 15) is 9.59 Å². The molecule has 6 nitrogen and oxygen atoms in total. The Hall–Kier alpha value is -1.69. The summed E-state index contributed by atoms with van der Waals surface area (Å²) in [6, 6.07) is 2.82. The molecule has 15 heavy (non-hydrogen) atoms. The van der Waals surface area contributed by atoms with E-state index in [1.165, 1.54) is 24.0 Å². The maximum atomic E-state index is 11.3. The van der Waals surface area contributed by atoms with Crippen molar-refractivity contribution >= 4 is 11.7 Å². The number of nitrogens with zero attached hydrogens (tertiary/aromatic N) is 2. The molecule has 0 saturated heterocycles. The molecule has 0 unspecified atom stereocenters. The number of carbonyl (C=O) groups excluding carboxylic acids is 1. The number of carbonyl (C=O) groups is 1. The highest BCUT2D eigenvalue weighted by Gasteiger charge is 2.11. The summed E-state index contributed by atoms with van der Waals surface area (Å²) in [6.45, 7) is 2.26. The van der Waals surface area contributed by atoms with E-state index in [0.717, 1.165) is 0 Å². The van der Waals surface area contributed by atoms with Crippen LogP contribution in [0, 0.1) is 0 Å². The van der Waals surface area contributed by atoms with Crippen LogP contribution in [0.2, 0.25) is 0 Å². The van der Waals surface area contributed by atoms with E-state index in [4.69, 9.17) is 4.74 Å². The molecular formula is C9H13N3O3. The van der Waals surface area contributed by atoms with E-state index in [1.807, 2.05) is 0 Å². The normalized spacial score (nSPS) is 10.0. The maximum Gasteiger partial charge on any atom is 0.264 e. The Bertz CT molecular complexity index is 368. The van der Waals surface area contributed by atoms with Gasteiger partial charge in [-0.1, -0.05) is 0 Å². The van der Waals surface area contributed by atoms with Crippen molar-refractivity contribution in [1.82, 2.24) is 10.2 Å². The topological polar surface area (TPSA) is 75.3 Å². The van der Waals surface area contributed by atoms with E-state index in [-0.39, 0.29) is 11.5 Å². The van der Waals surface area contributed by atoms with Crippen molar-refractivity contribution in [3.05, 3.63) is 22.5 Å². The van der Waals surface area contributed by atoms with Crippen LogP contribution in [0.5, 0.6) is 0 Å². The lowest BCUT2D eigenvalue weighted by molar-refractivity contribution is -0.116. The summed E-state index contributed by atoms with van der Waals surface area (Å²) in [5.74, 6) is 0.269. The molecule has 1 amide bonds. The zero-order chi connectivity index (χ0) is 11.3. The molecule has 1 aromatic rings. The fraction of sp³-hybridized carbons (Fsp3) is 0.444. The molecule has 1 heterocycles. The number of methoxy groups -OCH3 is 1. The third-order valence-corrected chi connectivity index (χ3v) is 1.84. The Morgan fingerprint density at radius 1 is 1.60 bits per heavy atom. The minimum absolute atomic E-state index is 0.147. The SMILES string of the molecule is COCCN(C(C)=O)c1ccc(=O)[nH]n1. The molecule has 0 spiro atoms. The van der Waals surface area contributed by atoms with E-state index >= 15 is 0 Å². The van der Waals surface area contributed by atoms with Gasteiger partial charge in [-0.3, -0.25) is 14.5 Å². The summed E-state index contributed by atoms with van der Waals surface area (Å²) in [7, 11) is 1.55. The van der Waals surface area contributed by atoms with Crippen LogP contribution in [0.3, 0.4) is 0 Å². The Balaban J connectivity index is 2.84. The first kappa shape index (κ1) is 11.4. The number of aromatic amines is 1. The summed E-state index contributed by atoms with van der Waals surface area (Å²) in [5.41, 5.74) is -0.297. The van der Waals surface area contributed by atoms with Gasteiger partial charge in [0.1, 0.15) is 0 Å². The molecule has 1 aromatic heterocycles. The largest absolute Gasteiger partial charge is 0.383 e. The maximum absolute atomic E-state index is 11.3. The quantitative estimate of drug-likeness (QED) is 0.746. The fourth-order valence-electron chi connectivity index (χ4n) is 1.10. The standard InChI is InChI=1S/C9H13N3O3/c1-7(13)12(5-6-15-2)8-3-4-9(14)11-10-8/h3-4H,5-6H2,1-2H3,(H,11,14). The highest BCUT2D eigenvalue weighted by molar-refractivity contribution is 5.90. The van der Waals surface area contributed by atoms with Gasteiger partial charge < -0.3 is 4.74 Å². The van der Waals surface area contributed by atoms with Gasteiger partial charge in [-0.2, -0.15) is 5.10 Å². The number of rotatable bonds is 4. The van der Waals surface area contributed by atoms with Gasteiger partial charge in [0.05, 0.1) is 13.2 Å². The molecule has 0 radical (unpaired) electrons. The Labute approximate surface area is 86.9 Å². The number of anilines is 1. The molecule has 0 aromatic carbocycles. The molecule has 1 N–H and O–H groups in total. The molecule has 1 rings (SSSR count).